The molecule has 2 aromatic rings. The van der Waals surface area contributed by atoms with E-state index in [4.69, 9.17) is 9.72 Å². The third-order valence-corrected chi connectivity index (χ3v) is 5.00. The van der Waals surface area contributed by atoms with Gasteiger partial charge in [0, 0.05) is 38.9 Å². The van der Waals surface area contributed by atoms with Crippen LogP contribution >= 0.6 is 0 Å². The second-order valence-electron chi connectivity index (χ2n) is 6.65. The first-order valence-corrected chi connectivity index (χ1v) is 9.33. The van der Waals surface area contributed by atoms with Crippen molar-refractivity contribution in [1.82, 2.24) is 14.9 Å². The smallest absolute Gasteiger partial charge is 0.255 e. The lowest BCUT2D eigenvalue weighted by molar-refractivity contribution is 0.180. The van der Waals surface area contributed by atoms with Gasteiger partial charge in [0.05, 0.1) is 12.3 Å². The van der Waals surface area contributed by atoms with Gasteiger partial charge >= 0.3 is 0 Å². The minimum atomic E-state index is -0.0455. The molecule has 0 spiro atoms. The number of hydrogen-bond acceptors (Lipinski definition) is 5. The van der Waals surface area contributed by atoms with E-state index in [1.807, 2.05) is 18.2 Å². The standard InChI is InChI=1S/C20H28N4O2/c1-3-23-11-13-24(14-12-23)20-21-18(15-26-2)17(19(25)22-20)10-9-16-7-5-4-6-8-16/h4-8H,3,9-15H2,1-2H3,(H,21,22,25). The Morgan fingerprint density at radius 2 is 1.85 bits per heavy atom. The van der Waals surface area contributed by atoms with Gasteiger partial charge in [0.1, 0.15) is 0 Å². The molecule has 0 radical (unpaired) electrons. The van der Waals surface area contributed by atoms with E-state index in [0.717, 1.165) is 50.4 Å². The van der Waals surface area contributed by atoms with Crippen LogP contribution in [0.25, 0.3) is 0 Å². The van der Waals surface area contributed by atoms with E-state index in [-0.39, 0.29) is 5.56 Å². The number of H-pyrrole nitrogens is 1. The topological polar surface area (TPSA) is 61.5 Å². The quantitative estimate of drug-likeness (QED) is 0.820. The SMILES string of the molecule is CCN1CCN(c2nc(COC)c(CCc3ccccc3)c(=O)[nH]2)CC1. The summed E-state index contributed by atoms with van der Waals surface area (Å²) in [6.45, 7) is 7.35. The Labute approximate surface area is 154 Å². The fourth-order valence-corrected chi connectivity index (χ4v) is 3.38. The predicted molar refractivity (Wildman–Crippen MR) is 104 cm³/mol. The van der Waals surface area contributed by atoms with Crippen molar-refractivity contribution in [2.24, 2.45) is 0 Å². The number of hydrogen-bond donors (Lipinski definition) is 1. The third-order valence-electron chi connectivity index (χ3n) is 5.00. The fourth-order valence-electron chi connectivity index (χ4n) is 3.38. The summed E-state index contributed by atoms with van der Waals surface area (Å²) in [6, 6.07) is 10.2. The van der Waals surface area contributed by atoms with E-state index in [9.17, 15) is 4.79 Å². The summed E-state index contributed by atoms with van der Waals surface area (Å²) in [5.74, 6) is 0.668. The second kappa shape index (κ2) is 8.96. The van der Waals surface area contributed by atoms with Gasteiger partial charge in [-0.1, -0.05) is 37.3 Å². The molecule has 1 aromatic carbocycles. The maximum absolute atomic E-state index is 12.7. The maximum atomic E-state index is 12.7. The Bertz CT molecular complexity index is 752. The van der Waals surface area contributed by atoms with Gasteiger partial charge in [-0.25, -0.2) is 4.98 Å². The molecular formula is C20H28N4O2. The number of nitrogens with zero attached hydrogens (tertiary/aromatic N) is 3. The minimum absolute atomic E-state index is 0.0455. The largest absolute Gasteiger partial charge is 0.378 e. The van der Waals surface area contributed by atoms with Crippen LogP contribution in [0, 0.1) is 0 Å². The molecule has 1 aliphatic heterocycles. The number of aromatic amines is 1. The van der Waals surface area contributed by atoms with Crippen molar-refractivity contribution >= 4 is 5.95 Å². The molecule has 0 saturated carbocycles. The van der Waals surface area contributed by atoms with E-state index in [1.54, 1.807) is 7.11 Å². The number of methoxy groups -OCH3 is 1. The lowest BCUT2D eigenvalue weighted by Gasteiger charge is -2.34. The molecule has 0 unspecified atom stereocenters. The van der Waals surface area contributed by atoms with Crippen LogP contribution in [-0.4, -0.2) is 54.7 Å². The molecule has 3 rings (SSSR count). The van der Waals surface area contributed by atoms with E-state index in [0.29, 0.717) is 19.0 Å². The number of benzene rings is 1. The lowest BCUT2D eigenvalue weighted by Crippen LogP contribution is -2.47. The number of aromatic nitrogens is 2. The molecule has 26 heavy (non-hydrogen) atoms. The molecule has 0 bridgehead atoms. The zero-order valence-corrected chi connectivity index (χ0v) is 15.7. The van der Waals surface area contributed by atoms with Crippen LogP contribution in [0.5, 0.6) is 0 Å². The first kappa shape index (κ1) is 18.6. The van der Waals surface area contributed by atoms with Crippen LogP contribution in [0.1, 0.15) is 23.7 Å². The molecule has 6 nitrogen and oxygen atoms in total. The molecule has 0 atom stereocenters. The number of rotatable bonds is 7. The van der Waals surface area contributed by atoms with E-state index in [1.165, 1.54) is 5.56 Å². The minimum Gasteiger partial charge on any atom is -0.378 e. The molecule has 6 heteroatoms. The molecule has 1 aliphatic rings. The van der Waals surface area contributed by atoms with Crippen LogP contribution in [0.2, 0.25) is 0 Å². The number of nitrogens with one attached hydrogen (secondary N) is 1. The Morgan fingerprint density at radius 3 is 2.50 bits per heavy atom. The first-order chi connectivity index (χ1) is 12.7. The van der Waals surface area contributed by atoms with Crippen molar-refractivity contribution in [3.63, 3.8) is 0 Å². The van der Waals surface area contributed by atoms with E-state index < -0.39 is 0 Å². The molecule has 140 valence electrons. The fraction of sp³-hybridized carbons (Fsp3) is 0.500. The van der Waals surface area contributed by atoms with Crippen LogP contribution in [0.3, 0.4) is 0 Å². The zero-order chi connectivity index (χ0) is 18.4. The maximum Gasteiger partial charge on any atom is 0.255 e. The van der Waals surface area contributed by atoms with Crippen molar-refractivity contribution < 1.29 is 4.74 Å². The van der Waals surface area contributed by atoms with Crippen molar-refractivity contribution in [2.75, 3.05) is 44.7 Å². The van der Waals surface area contributed by atoms with Gasteiger partial charge in [0.25, 0.3) is 5.56 Å². The Morgan fingerprint density at radius 1 is 1.12 bits per heavy atom. The van der Waals surface area contributed by atoms with Crippen LogP contribution in [0.15, 0.2) is 35.1 Å². The molecule has 1 saturated heterocycles. The van der Waals surface area contributed by atoms with Crippen LogP contribution in [-0.2, 0) is 24.2 Å². The van der Waals surface area contributed by atoms with Crippen molar-refractivity contribution in [3.8, 4) is 0 Å². The Hall–Kier alpha value is -2.18. The normalized spacial score (nSPS) is 15.4. The summed E-state index contributed by atoms with van der Waals surface area (Å²) in [7, 11) is 1.64. The molecular weight excluding hydrogens is 328 g/mol. The summed E-state index contributed by atoms with van der Waals surface area (Å²) in [5.41, 5.74) is 2.65. The number of aryl methyl sites for hydroxylation is 1. The van der Waals surface area contributed by atoms with Gasteiger partial charge in [0.15, 0.2) is 0 Å². The van der Waals surface area contributed by atoms with E-state index >= 15 is 0 Å². The molecule has 2 heterocycles. The van der Waals surface area contributed by atoms with Crippen molar-refractivity contribution in [2.45, 2.75) is 26.4 Å². The molecule has 1 N–H and O–H groups in total. The van der Waals surface area contributed by atoms with Gasteiger partial charge < -0.3 is 14.5 Å². The highest BCUT2D eigenvalue weighted by Crippen LogP contribution is 2.14. The van der Waals surface area contributed by atoms with E-state index in [2.05, 4.69) is 33.8 Å². The van der Waals surface area contributed by atoms with Crippen molar-refractivity contribution in [1.29, 1.82) is 0 Å². The highest BCUT2D eigenvalue weighted by Gasteiger charge is 2.20. The number of anilines is 1. The van der Waals surface area contributed by atoms with Crippen LogP contribution < -0.4 is 10.5 Å². The predicted octanol–water partition coefficient (Wildman–Crippen LogP) is 1.84. The van der Waals surface area contributed by atoms with Gasteiger partial charge in [-0.3, -0.25) is 9.78 Å². The highest BCUT2D eigenvalue weighted by atomic mass is 16.5. The van der Waals surface area contributed by atoms with Crippen molar-refractivity contribution in [3.05, 3.63) is 57.5 Å². The summed E-state index contributed by atoms with van der Waals surface area (Å²) in [6.07, 6.45) is 1.48. The summed E-state index contributed by atoms with van der Waals surface area (Å²) < 4.78 is 5.31. The first-order valence-electron chi connectivity index (χ1n) is 9.33. The summed E-state index contributed by atoms with van der Waals surface area (Å²) in [4.78, 5) is 25.0. The lowest BCUT2D eigenvalue weighted by atomic mass is 10.0. The van der Waals surface area contributed by atoms with Gasteiger partial charge in [-0.2, -0.15) is 0 Å². The average Bonchev–Trinajstić information content (AvgIpc) is 2.68. The van der Waals surface area contributed by atoms with Gasteiger partial charge in [0.2, 0.25) is 5.95 Å². The molecule has 0 amide bonds. The van der Waals surface area contributed by atoms with Gasteiger partial charge in [-0.05, 0) is 24.9 Å². The third kappa shape index (κ3) is 4.51. The number of piperazine rings is 1. The average molecular weight is 356 g/mol. The Balaban J connectivity index is 1.78. The molecule has 1 fully saturated rings. The second-order valence-corrected chi connectivity index (χ2v) is 6.65. The summed E-state index contributed by atoms with van der Waals surface area (Å²) in [5, 5.41) is 0. The Kier molecular flexibility index (Phi) is 6.41. The van der Waals surface area contributed by atoms with Crippen LogP contribution in [0.4, 0.5) is 5.95 Å². The van der Waals surface area contributed by atoms with Gasteiger partial charge in [-0.15, -0.1) is 0 Å². The number of likely N-dealkylation sites (N-methyl/N-ethyl adjacent to an activating group) is 1. The number of ether oxygens (including phenoxy) is 1. The monoisotopic (exact) mass is 356 g/mol. The molecule has 0 aliphatic carbocycles. The summed E-state index contributed by atoms with van der Waals surface area (Å²) >= 11 is 0. The zero-order valence-electron chi connectivity index (χ0n) is 15.7. The molecule has 1 aromatic heterocycles. The highest BCUT2D eigenvalue weighted by molar-refractivity contribution is 5.34.